The summed E-state index contributed by atoms with van der Waals surface area (Å²) in [4.78, 5) is 2.44. The Labute approximate surface area is 115 Å². The summed E-state index contributed by atoms with van der Waals surface area (Å²) in [5.74, 6) is 0.760. The van der Waals surface area contributed by atoms with Gasteiger partial charge < -0.3 is 15.5 Å². The van der Waals surface area contributed by atoms with Crippen LogP contribution in [-0.2, 0) is 0 Å². The lowest BCUT2D eigenvalue weighted by Gasteiger charge is -2.38. The van der Waals surface area contributed by atoms with Crippen LogP contribution in [0.3, 0.4) is 0 Å². The maximum atomic E-state index is 9.70. The monoisotopic (exact) mass is 264 g/mol. The molecule has 1 aromatic carbocycles. The zero-order valence-corrected chi connectivity index (χ0v) is 11.8. The molecule has 1 aliphatic heterocycles. The minimum Gasteiger partial charge on any atom is -0.508 e. The summed E-state index contributed by atoms with van der Waals surface area (Å²) in [6.07, 6.45) is 1.07. The SMILES string of the molecule is CCC(C)[C@H](c1cc(O)cc(O)c1)N1CCNCC1. The summed E-state index contributed by atoms with van der Waals surface area (Å²) >= 11 is 0. The van der Waals surface area contributed by atoms with Crippen molar-refractivity contribution < 1.29 is 10.2 Å². The molecule has 19 heavy (non-hydrogen) atoms. The van der Waals surface area contributed by atoms with Crippen molar-refractivity contribution in [3.05, 3.63) is 23.8 Å². The summed E-state index contributed by atoms with van der Waals surface area (Å²) in [7, 11) is 0. The lowest BCUT2D eigenvalue weighted by Crippen LogP contribution is -2.46. The minimum atomic E-state index is 0.137. The maximum absolute atomic E-state index is 9.70. The van der Waals surface area contributed by atoms with Crippen LogP contribution in [-0.4, -0.2) is 41.3 Å². The number of piperazine rings is 1. The molecule has 0 aliphatic carbocycles. The lowest BCUT2D eigenvalue weighted by molar-refractivity contribution is 0.128. The van der Waals surface area contributed by atoms with Gasteiger partial charge in [0.2, 0.25) is 0 Å². The van der Waals surface area contributed by atoms with Crippen LogP contribution in [0, 0.1) is 5.92 Å². The third-order valence-electron chi connectivity index (χ3n) is 3.99. The van der Waals surface area contributed by atoms with Gasteiger partial charge in [-0.15, -0.1) is 0 Å². The number of hydrogen-bond donors (Lipinski definition) is 3. The Bertz CT molecular complexity index is 396. The quantitative estimate of drug-likeness (QED) is 0.779. The second-order valence-corrected chi connectivity index (χ2v) is 5.40. The first-order chi connectivity index (χ1) is 9.11. The molecule has 2 atom stereocenters. The second-order valence-electron chi connectivity index (χ2n) is 5.40. The highest BCUT2D eigenvalue weighted by molar-refractivity contribution is 5.38. The number of nitrogens with zero attached hydrogens (tertiary/aromatic N) is 1. The van der Waals surface area contributed by atoms with Crippen LogP contribution in [0.5, 0.6) is 11.5 Å². The number of phenolic OH excluding ortho intramolecular Hbond substituents is 2. The van der Waals surface area contributed by atoms with Crippen molar-refractivity contribution in [3.8, 4) is 11.5 Å². The third-order valence-corrected chi connectivity index (χ3v) is 3.99. The Morgan fingerprint density at radius 2 is 1.74 bits per heavy atom. The molecule has 1 aliphatic rings. The molecule has 0 bridgehead atoms. The second kappa shape index (κ2) is 6.26. The summed E-state index contributed by atoms with van der Waals surface area (Å²) < 4.78 is 0. The van der Waals surface area contributed by atoms with E-state index in [1.165, 1.54) is 6.07 Å². The summed E-state index contributed by atoms with van der Waals surface area (Å²) in [6, 6.07) is 5.19. The van der Waals surface area contributed by atoms with Crippen LogP contribution >= 0.6 is 0 Å². The first kappa shape index (κ1) is 14.2. The smallest absolute Gasteiger partial charge is 0.119 e. The number of phenols is 2. The highest BCUT2D eigenvalue weighted by Crippen LogP contribution is 2.34. The molecule has 0 aromatic heterocycles. The van der Waals surface area contributed by atoms with Crippen molar-refractivity contribution in [3.63, 3.8) is 0 Å². The van der Waals surface area contributed by atoms with Gasteiger partial charge in [-0.2, -0.15) is 0 Å². The normalized spacial score (nSPS) is 20.1. The molecular formula is C15H24N2O2. The topological polar surface area (TPSA) is 55.7 Å². The van der Waals surface area contributed by atoms with E-state index in [2.05, 4.69) is 24.1 Å². The molecule has 1 unspecified atom stereocenters. The summed E-state index contributed by atoms with van der Waals surface area (Å²) in [5, 5.41) is 22.8. The highest BCUT2D eigenvalue weighted by atomic mass is 16.3. The van der Waals surface area contributed by atoms with Crippen molar-refractivity contribution in [2.45, 2.75) is 26.3 Å². The molecule has 2 rings (SSSR count). The fraction of sp³-hybridized carbons (Fsp3) is 0.600. The lowest BCUT2D eigenvalue weighted by atomic mass is 9.90. The Balaban J connectivity index is 2.30. The predicted molar refractivity (Wildman–Crippen MR) is 76.4 cm³/mol. The number of rotatable bonds is 4. The zero-order chi connectivity index (χ0) is 13.8. The molecule has 0 spiro atoms. The first-order valence-electron chi connectivity index (χ1n) is 7.09. The highest BCUT2D eigenvalue weighted by Gasteiger charge is 2.27. The van der Waals surface area contributed by atoms with Gasteiger partial charge in [0.1, 0.15) is 11.5 Å². The molecule has 4 heteroatoms. The van der Waals surface area contributed by atoms with Crippen LogP contribution in [0.25, 0.3) is 0 Å². The molecule has 0 saturated carbocycles. The fourth-order valence-corrected chi connectivity index (χ4v) is 2.87. The zero-order valence-electron chi connectivity index (χ0n) is 11.8. The van der Waals surface area contributed by atoms with Crippen molar-refractivity contribution in [1.82, 2.24) is 10.2 Å². The average molecular weight is 264 g/mol. The van der Waals surface area contributed by atoms with Crippen molar-refractivity contribution in [1.29, 1.82) is 0 Å². The maximum Gasteiger partial charge on any atom is 0.119 e. The summed E-state index contributed by atoms with van der Waals surface area (Å²) in [6.45, 7) is 8.42. The molecule has 1 aromatic rings. The molecule has 3 N–H and O–H groups in total. The Hall–Kier alpha value is -1.26. The van der Waals surface area contributed by atoms with E-state index in [1.807, 2.05) is 0 Å². The van der Waals surface area contributed by atoms with Gasteiger partial charge in [0.25, 0.3) is 0 Å². The van der Waals surface area contributed by atoms with Gasteiger partial charge in [-0.1, -0.05) is 20.3 Å². The van der Waals surface area contributed by atoms with Gasteiger partial charge in [-0.05, 0) is 23.6 Å². The van der Waals surface area contributed by atoms with Crippen LogP contribution < -0.4 is 5.32 Å². The summed E-state index contributed by atoms with van der Waals surface area (Å²) in [5.41, 5.74) is 1.01. The van der Waals surface area contributed by atoms with Gasteiger partial charge in [-0.3, -0.25) is 4.90 Å². The number of benzene rings is 1. The molecule has 1 saturated heterocycles. The molecule has 1 heterocycles. The van der Waals surface area contributed by atoms with E-state index in [9.17, 15) is 10.2 Å². The van der Waals surface area contributed by atoms with Gasteiger partial charge in [0.15, 0.2) is 0 Å². The Morgan fingerprint density at radius 3 is 2.26 bits per heavy atom. The van der Waals surface area contributed by atoms with Crippen molar-refractivity contribution in [2.24, 2.45) is 5.92 Å². The number of hydrogen-bond acceptors (Lipinski definition) is 4. The molecule has 4 nitrogen and oxygen atoms in total. The predicted octanol–water partition coefficient (Wildman–Crippen LogP) is 2.09. The van der Waals surface area contributed by atoms with Gasteiger partial charge in [0.05, 0.1) is 0 Å². The van der Waals surface area contributed by atoms with Crippen LogP contribution in [0.15, 0.2) is 18.2 Å². The standard InChI is InChI=1S/C15H24N2O2/c1-3-11(2)15(17-6-4-16-5-7-17)12-8-13(18)10-14(19)9-12/h8-11,15-16,18-19H,3-7H2,1-2H3/t11?,15-/m1/s1. The van der Waals surface area contributed by atoms with E-state index in [4.69, 9.17) is 0 Å². The third kappa shape index (κ3) is 3.39. The first-order valence-corrected chi connectivity index (χ1v) is 7.09. The number of nitrogens with one attached hydrogen (secondary N) is 1. The molecule has 1 fully saturated rings. The fourth-order valence-electron chi connectivity index (χ4n) is 2.87. The molecule has 0 amide bonds. The largest absolute Gasteiger partial charge is 0.508 e. The Morgan fingerprint density at radius 1 is 1.16 bits per heavy atom. The van der Waals surface area contributed by atoms with Crippen LogP contribution in [0.1, 0.15) is 31.9 Å². The average Bonchev–Trinajstić information content (AvgIpc) is 2.39. The van der Waals surface area contributed by atoms with E-state index in [1.54, 1.807) is 12.1 Å². The van der Waals surface area contributed by atoms with E-state index >= 15 is 0 Å². The molecular weight excluding hydrogens is 240 g/mol. The van der Waals surface area contributed by atoms with E-state index in [0.29, 0.717) is 5.92 Å². The molecule has 0 radical (unpaired) electrons. The van der Waals surface area contributed by atoms with Crippen LogP contribution in [0.2, 0.25) is 0 Å². The van der Waals surface area contributed by atoms with Crippen molar-refractivity contribution in [2.75, 3.05) is 26.2 Å². The Kier molecular flexibility index (Phi) is 4.66. The van der Waals surface area contributed by atoms with E-state index < -0.39 is 0 Å². The van der Waals surface area contributed by atoms with Gasteiger partial charge in [0, 0.05) is 38.3 Å². The van der Waals surface area contributed by atoms with E-state index in [0.717, 1.165) is 38.2 Å². The van der Waals surface area contributed by atoms with Gasteiger partial charge >= 0.3 is 0 Å². The van der Waals surface area contributed by atoms with Crippen molar-refractivity contribution >= 4 is 0 Å². The van der Waals surface area contributed by atoms with E-state index in [-0.39, 0.29) is 17.5 Å². The van der Waals surface area contributed by atoms with Crippen LogP contribution in [0.4, 0.5) is 0 Å². The minimum absolute atomic E-state index is 0.137. The molecule has 106 valence electrons. The van der Waals surface area contributed by atoms with Gasteiger partial charge in [-0.25, -0.2) is 0 Å². The number of aromatic hydroxyl groups is 2.